The Morgan fingerprint density at radius 1 is 1.19 bits per heavy atom. The van der Waals surface area contributed by atoms with Crippen molar-refractivity contribution in [3.05, 3.63) is 46.2 Å². The van der Waals surface area contributed by atoms with Gasteiger partial charge in [-0.2, -0.15) is 22.0 Å². The lowest BCUT2D eigenvalue weighted by Crippen LogP contribution is -2.41. The number of methoxy groups -OCH3 is 1. The predicted octanol–water partition coefficient (Wildman–Crippen LogP) is 5.37. The van der Waals surface area contributed by atoms with Gasteiger partial charge < -0.3 is 19.1 Å². The van der Waals surface area contributed by atoms with E-state index in [1.54, 1.807) is 11.5 Å². The van der Waals surface area contributed by atoms with Crippen molar-refractivity contribution in [3.8, 4) is 10.8 Å². The van der Waals surface area contributed by atoms with Crippen LogP contribution in [-0.4, -0.2) is 35.0 Å². The molecule has 0 aliphatic rings. The minimum Gasteiger partial charge on any atom is -0.494 e. The fraction of sp³-hybridized carbons (Fsp3) is 0.316. The second-order valence-corrected chi connectivity index (χ2v) is 7.69. The van der Waals surface area contributed by atoms with Crippen LogP contribution in [-0.2, 0) is 17.8 Å². The van der Waals surface area contributed by atoms with Crippen LogP contribution in [0.15, 0.2) is 24.3 Å². The molecule has 3 aromatic rings. The third-order valence-corrected chi connectivity index (χ3v) is 5.51. The Morgan fingerprint density at radius 2 is 1.87 bits per heavy atom. The van der Waals surface area contributed by atoms with Gasteiger partial charge in [0.15, 0.2) is 16.6 Å². The van der Waals surface area contributed by atoms with Crippen LogP contribution in [0.2, 0.25) is 0 Å². The Labute approximate surface area is 175 Å². The van der Waals surface area contributed by atoms with E-state index >= 15 is 0 Å². The summed E-state index contributed by atoms with van der Waals surface area (Å²) in [4.78, 5) is 11.6. The quantitative estimate of drug-likeness (QED) is 0.475. The molecule has 12 heteroatoms. The number of alkyl halides is 5. The number of aliphatic carboxylic acids is 1. The standard InChI is InChI=1S/C19H15F6NO4S/c1-9-11(6-16(27)28)12-5-15(29-2)13(20)7-14(12)26(9)8-10-3-4-17(31-10)30-19(24,25)18(21,22)23/h3-5,7H,6,8H2,1-2H3,(H,27,28). The highest BCUT2D eigenvalue weighted by Crippen LogP contribution is 2.40. The largest absolute Gasteiger partial charge is 0.499 e. The second kappa shape index (κ2) is 7.98. The number of benzene rings is 1. The average Bonchev–Trinajstić information content (AvgIpc) is 3.17. The molecule has 2 heterocycles. The third-order valence-electron chi connectivity index (χ3n) is 4.57. The van der Waals surface area contributed by atoms with Crippen LogP contribution in [0.25, 0.3) is 10.9 Å². The van der Waals surface area contributed by atoms with Gasteiger partial charge in [0.25, 0.3) is 0 Å². The van der Waals surface area contributed by atoms with E-state index in [1.807, 2.05) is 0 Å². The van der Waals surface area contributed by atoms with Crippen LogP contribution >= 0.6 is 11.3 Å². The Bertz CT molecular complexity index is 1130. The SMILES string of the molecule is COc1cc2c(CC(=O)O)c(C)n(Cc3ccc(OC(F)(F)C(F)(F)F)s3)c2cc1F. The van der Waals surface area contributed by atoms with Gasteiger partial charge in [-0.15, -0.1) is 11.3 Å². The predicted molar refractivity (Wildman–Crippen MR) is 99.6 cm³/mol. The maximum absolute atomic E-state index is 14.3. The number of rotatable bonds is 7. The fourth-order valence-electron chi connectivity index (χ4n) is 3.12. The molecule has 0 radical (unpaired) electrons. The minimum absolute atomic E-state index is 0.0284. The van der Waals surface area contributed by atoms with Crippen molar-refractivity contribution in [2.24, 2.45) is 0 Å². The molecule has 1 N–H and O–H groups in total. The molecular formula is C19H15F6NO4S. The lowest BCUT2D eigenvalue weighted by atomic mass is 10.1. The van der Waals surface area contributed by atoms with E-state index in [-0.39, 0.29) is 18.7 Å². The van der Waals surface area contributed by atoms with Gasteiger partial charge in [-0.25, -0.2) is 4.39 Å². The van der Waals surface area contributed by atoms with E-state index in [4.69, 9.17) is 4.74 Å². The first kappa shape index (κ1) is 22.8. The van der Waals surface area contributed by atoms with Crippen LogP contribution < -0.4 is 9.47 Å². The lowest BCUT2D eigenvalue weighted by Gasteiger charge is -2.18. The van der Waals surface area contributed by atoms with Crippen molar-refractivity contribution in [2.75, 3.05) is 7.11 Å². The summed E-state index contributed by atoms with van der Waals surface area (Å²) >= 11 is 0.565. The summed E-state index contributed by atoms with van der Waals surface area (Å²) in [7, 11) is 1.26. The van der Waals surface area contributed by atoms with Gasteiger partial charge in [-0.1, -0.05) is 0 Å². The number of halogens is 6. The molecule has 0 aliphatic carbocycles. The second-order valence-electron chi connectivity index (χ2n) is 6.56. The monoisotopic (exact) mass is 467 g/mol. The van der Waals surface area contributed by atoms with E-state index in [0.29, 0.717) is 38.4 Å². The van der Waals surface area contributed by atoms with Crippen molar-refractivity contribution >= 4 is 28.2 Å². The van der Waals surface area contributed by atoms with Gasteiger partial charge in [0, 0.05) is 22.0 Å². The van der Waals surface area contributed by atoms with Gasteiger partial charge in [0.2, 0.25) is 0 Å². The summed E-state index contributed by atoms with van der Waals surface area (Å²) in [5.74, 6) is -1.90. The molecule has 0 fully saturated rings. The van der Waals surface area contributed by atoms with E-state index in [0.717, 1.165) is 12.1 Å². The van der Waals surface area contributed by atoms with E-state index < -0.39 is 29.1 Å². The zero-order chi connectivity index (χ0) is 23.1. The normalized spacial score (nSPS) is 12.4. The molecule has 0 amide bonds. The summed E-state index contributed by atoms with van der Waals surface area (Å²) in [5, 5.41) is 8.99. The summed E-state index contributed by atoms with van der Waals surface area (Å²) in [6.07, 6.45) is -11.6. The van der Waals surface area contributed by atoms with Crippen LogP contribution in [0.3, 0.4) is 0 Å². The first-order valence-electron chi connectivity index (χ1n) is 8.63. The van der Waals surface area contributed by atoms with E-state index in [2.05, 4.69) is 4.74 Å². The Hall–Kier alpha value is -2.89. The van der Waals surface area contributed by atoms with Crippen LogP contribution in [0.1, 0.15) is 16.1 Å². The smallest absolute Gasteiger partial charge is 0.494 e. The highest BCUT2D eigenvalue weighted by molar-refractivity contribution is 7.13. The number of fused-ring (bicyclic) bond motifs is 1. The van der Waals surface area contributed by atoms with Crippen LogP contribution in [0.4, 0.5) is 26.3 Å². The molecule has 3 rings (SSSR count). The number of aromatic nitrogens is 1. The highest BCUT2D eigenvalue weighted by atomic mass is 32.1. The molecular weight excluding hydrogens is 452 g/mol. The lowest BCUT2D eigenvalue weighted by molar-refractivity contribution is -0.359. The van der Waals surface area contributed by atoms with Gasteiger partial charge in [-0.05, 0) is 30.7 Å². The Morgan fingerprint density at radius 3 is 2.45 bits per heavy atom. The van der Waals surface area contributed by atoms with Crippen molar-refractivity contribution in [1.82, 2.24) is 4.57 Å². The average molecular weight is 467 g/mol. The number of thiophene rings is 1. The Balaban J connectivity index is 2.00. The number of carbonyl (C=O) groups is 1. The number of ether oxygens (including phenoxy) is 2. The molecule has 31 heavy (non-hydrogen) atoms. The molecule has 5 nitrogen and oxygen atoms in total. The van der Waals surface area contributed by atoms with Gasteiger partial charge in [0.05, 0.1) is 25.6 Å². The summed E-state index contributed by atoms with van der Waals surface area (Å²) in [5.41, 5.74) is 1.20. The maximum Gasteiger partial charge on any atom is 0.499 e. The molecule has 168 valence electrons. The van der Waals surface area contributed by atoms with Gasteiger partial charge in [0.1, 0.15) is 0 Å². The first-order valence-corrected chi connectivity index (χ1v) is 9.45. The fourth-order valence-corrected chi connectivity index (χ4v) is 3.99. The van der Waals surface area contributed by atoms with Crippen LogP contribution in [0.5, 0.6) is 10.8 Å². The third kappa shape index (κ3) is 4.43. The van der Waals surface area contributed by atoms with Crippen molar-refractivity contribution in [2.45, 2.75) is 32.2 Å². The van der Waals surface area contributed by atoms with E-state index in [9.17, 15) is 36.2 Å². The highest BCUT2D eigenvalue weighted by Gasteiger charge is 2.61. The van der Waals surface area contributed by atoms with Crippen molar-refractivity contribution in [3.63, 3.8) is 0 Å². The summed E-state index contributed by atoms with van der Waals surface area (Å²) in [6, 6.07) is 4.78. The topological polar surface area (TPSA) is 60.7 Å². The summed E-state index contributed by atoms with van der Waals surface area (Å²) < 4.78 is 87.8. The molecule has 2 aromatic heterocycles. The van der Waals surface area contributed by atoms with Gasteiger partial charge in [-0.3, -0.25) is 4.79 Å². The molecule has 0 bridgehead atoms. The van der Waals surface area contributed by atoms with Crippen molar-refractivity contribution < 1.29 is 45.7 Å². The zero-order valence-corrected chi connectivity index (χ0v) is 16.8. The zero-order valence-electron chi connectivity index (χ0n) is 16.0. The number of hydrogen-bond donors (Lipinski definition) is 1. The number of carboxylic acid groups (broad SMARTS) is 1. The number of carboxylic acids is 1. The molecule has 0 atom stereocenters. The molecule has 0 saturated carbocycles. The van der Waals surface area contributed by atoms with Gasteiger partial charge >= 0.3 is 18.3 Å². The molecule has 0 aliphatic heterocycles. The Kier molecular flexibility index (Phi) is 5.87. The number of nitrogens with zero attached hydrogens (tertiary/aromatic N) is 1. The molecule has 0 saturated heterocycles. The molecule has 1 aromatic carbocycles. The molecule has 0 unspecified atom stereocenters. The summed E-state index contributed by atoms with van der Waals surface area (Å²) in [6.45, 7) is 1.57. The molecule has 0 spiro atoms. The minimum atomic E-state index is -5.87. The number of hydrogen-bond acceptors (Lipinski definition) is 4. The van der Waals surface area contributed by atoms with Crippen LogP contribution in [0, 0.1) is 12.7 Å². The first-order chi connectivity index (χ1) is 14.3. The maximum atomic E-state index is 14.3. The van der Waals surface area contributed by atoms with E-state index in [1.165, 1.54) is 19.2 Å². The van der Waals surface area contributed by atoms with Crippen molar-refractivity contribution in [1.29, 1.82) is 0 Å².